The van der Waals surface area contributed by atoms with Crippen LogP contribution >= 0.6 is 0 Å². The van der Waals surface area contributed by atoms with Gasteiger partial charge in [-0.25, -0.2) is 0 Å². The van der Waals surface area contributed by atoms with E-state index in [-0.39, 0.29) is 0 Å². The van der Waals surface area contributed by atoms with E-state index in [1.54, 1.807) is 0 Å². The van der Waals surface area contributed by atoms with Gasteiger partial charge in [-0.2, -0.15) is 5.10 Å². The van der Waals surface area contributed by atoms with Gasteiger partial charge in [-0.05, 0) is 50.9 Å². The van der Waals surface area contributed by atoms with Gasteiger partial charge in [-0.3, -0.25) is 10.00 Å². The number of rotatable bonds is 6. The number of H-pyrrole nitrogens is 1. The largest absolute Gasteiger partial charge is 0.308 e. The Labute approximate surface area is 132 Å². The molecule has 2 N–H and O–H groups in total. The molecule has 4 heteroatoms. The maximum atomic E-state index is 4.24. The van der Waals surface area contributed by atoms with Gasteiger partial charge in [0.1, 0.15) is 0 Å². The van der Waals surface area contributed by atoms with Crippen molar-refractivity contribution in [2.75, 3.05) is 13.1 Å². The maximum absolute atomic E-state index is 4.24. The number of aromatic amines is 1. The summed E-state index contributed by atoms with van der Waals surface area (Å²) in [5.74, 6) is 0. The van der Waals surface area contributed by atoms with Gasteiger partial charge in [0.2, 0.25) is 0 Å². The number of hydrogen-bond acceptors (Lipinski definition) is 3. The van der Waals surface area contributed by atoms with Crippen LogP contribution in [0.5, 0.6) is 0 Å². The highest BCUT2D eigenvalue weighted by Gasteiger charge is 2.11. The fourth-order valence-corrected chi connectivity index (χ4v) is 3.20. The predicted octanol–water partition coefficient (Wildman–Crippen LogP) is 2.91. The molecule has 0 atom stereocenters. The van der Waals surface area contributed by atoms with E-state index in [0.717, 1.165) is 31.0 Å². The average Bonchev–Trinajstić information content (AvgIpc) is 3.12. The van der Waals surface area contributed by atoms with Crippen molar-refractivity contribution in [3.05, 3.63) is 52.3 Å². The molecule has 1 aliphatic rings. The Morgan fingerprint density at radius 1 is 1.14 bits per heavy atom. The smallest absolute Gasteiger partial charge is 0.0638 e. The summed E-state index contributed by atoms with van der Waals surface area (Å²) >= 11 is 0. The molecule has 1 aromatic heterocycles. The van der Waals surface area contributed by atoms with Gasteiger partial charge in [-0.15, -0.1) is 0 Å². The molecule has 0 bridgehead atoms. The molecule has 1 aliphatic heterocycles. The molecule has 1 fully saturated rings. The van der Waals surface area contributed by atoms with Gasteiger partial charge in [0.25, 0.3) is 0 Å². The van der Waals surface area contributed by atoms with Crippen molar-refractivity contribution in [1.29, 1.82) is 0 Å². The summed E-state index contributed by atoms with van der Waals surface area (Å²) < 4.78 is 0. The van der Waals surface area contributed by atoms with E-state index in [9.17, 15) is 0 Å². The molecule has 118 valence electrons. The zero-order valence-corrected chi connectivity index (χ0v) is 13.7. The van der Waals surface area contributed by atoms with E-state index < -0.39 is 0 Å². The van der Waals surface area contributed by atoms with E-state index in [4.69, 9.17) is 0 Å². The summed E-state index contributed by atoms with van der Waals surface area (Å²) in [6.07, 6.45) is 2.70. The van der Waals surface area contributed by atoms with Crippen molar-refractivity contribution in [3.63, 3.8) is 0 Å². The molecular formula is C18H26N4. The number of nitrogens with one attached hydrogen (secondary N) is 2. The monoisotopic (exact) mass is 298 g/mol. The molecule has 0 amide bonds. The fraction of sp³-hybridized carbons (Fsp3) is 0.500. The lowest BCUT2D eigenvalue weighted by Gasteiger charge is -2.15. The number of aromatic nitrogens is 2. The molecule has 4 nitrogen and oxygen atoms in total. The van der Waals surface area contributed by atoms with Crippen molar-refractivity contribution < 1.29 is 0 Å². The number of aryl methyl sites for hydroxylation is 2. The quantitative estimate of drug-likeness (QED) is 0.862. The third-order valence-corrected chi connectivity index (χ3v) is 4.51. The van der Waals surface area contributed by atoms with Crippen molar-refractivity contribution in [2.45, 2.75) is 46.3 Å². The van der Waals surface area contributed by atoms with E-state index in [1.165, 1.54) is 42.6 Å². The van der Waals surface area contributed by atoms with Crippen molar-refractivity contribution in [3.8, 4) is 0 Å². The van der Waals surface area contributed by atoms with Gasteiger partial charge in [0, 0.05) is 30.9 Å². The molecule has 0 aliphatic carbocycles. The summed E-state index contributed by atoms with van der Waals surface area (Å²) in [6.45, 7) is 9.49. The Hall–Kier alpha value is -1.65. The molecule has 0 radical (unpaired) electrons. The zero-order chi connectivity index (χ0) is 15.4. The van der Waals surface area contributed by atoms with Crippen LogP contribution in [0.3, 0.4) is 0 Å². The zero-order valence-electron chi connectivity index (χ0n) is 13.7. The molecule has 3 rings (SSSR count). The Morgan fingerprint density at radius 2 is 1.91 bits per heavy atom. The molecule has 2 heterocycles. The van der Waals surface area contributed by atoms with E-state index in [2.05, 4.69) is 58.5 Å². The number of benzene rings is 1. The first-order valence-corrected chi connectivity index (χ1v) is 8.24. The topological polar surface area (TPSA) is 44.0 Å². The van der Waals surface area contributed by atoms with Crippen LogP contribution in [-0.2, 0) is 19.6 Å². The van der Waals surface area contributed by atoms with Crippen molar-refractivity contribution in [1.82, 2.24) is 20.4 Å². The maximum Gasteiger partial charge on any atom is 0.0638 e. The summed E-state index contributed by atoms with van der Waals surface area (Å²) in [6, 6.07) is 8.96. The van der Waals surface area contributed by atoms with Crippen LogP contribution in [0.4, 0.5) is 0 Å². The summed E-state index contributed by atoms with van der Waals surface area (Å²) in [4.78, 5) is 2.55. The van der Waals surface area contributed by atoms with Crippen molar-refractivity contribution >= 4 is 0 Å². The predicted molar refractivity (Wildman–Crippen MR) is 89.6 cm³/mol. The molecule has 1 aromatic carbocycles. The first-order chi connectivity index (χ1) is 10.7. The first kappa shape index (κ1) is 15.3. The second-order valence-electron chi connectivity index (χ2n) is 6.32. The lowest BCUT2D eigenvalue weighted by Crippen LogP contribution is -2.18. The molecule has 22 heavy (non-hydrogen) atoms. The van der Waals surface area contributed by atoms with Gasteiger partial charge in [-0.1, -0.05) is 24.3 Å². The minimum atomic E-state index is 0.866. The second-order valence-corrected chi connectivity index (χ2v) is 6.32. The molecular weight excluding hydrogens is 272 g/mol. The summed E-state index contributed by atoms with van der Waals surface area (Å²) in [5.41, 5.74) is 6.32. The van der Waals surface area contributed by atoms with E-state index in [0.29, 0.717) is 0 Å². The van der Waals surface area contributed by atoms with Gasteiger partial charge in [0.05, 0.1) is 5.69 Å². The van der Waals surface area contributed by atoms with Crippen LogP contribution in [0.1, 0.15) is 40.9 Å². The summed E-state index contributed by atoms with van der Waals surface area (Å²) in [7, 11) is 0. The van der Waals surface area contributed by atoms with Crippen LogP contribution in [0.15, 0.2) is 24.3 Å². The molecule has 0 spiro atoms. The Kier molecular flexibility index (Phi) is 4.90. The van der Waals surface area contributed by atoms with Gasteiger partial charge in [0.15, 0.2) is 0 Å². The van der Waals surface area contributed by atoms with Crippen LogP contribution in [0.2, 0.25) is 0 Å². The Bertz CT molecular complexity index is 592. The fourth-order valence-electron chi connectivity index (χ4n) is 3.20. The second kappa shape index (κ2) is 7.07. The van der Waals surface area contributed by atoms with E-state index in [1.807, 2.05) is 0 Å². The highest BCUT2D eigenvalue weighted by atomic mass is 15.1. The third kappa shape index (κ3) is 3.76. The minimum absolute atomic E-state index is 0.866. The Balaban J connectivity index is 1.54. The highest BCUT2D eigenvalue weighted by molar-refractivity contribution is 5.25. The van der Waals surface area contributed by atoms with Crippen LogP contribution in [0, 0.1) is 13.8 Å². The van der Waals surface area contributed by atoms with Gasteiger partial charge < -0.3 is 5.32 Å². The third-order valence-electron chi connectivity index (χ3n) is 4.51. The molecule has 2 aromatic rings. The first-order valence-electron chi connectivity index (χ1n) is 8.24. The van der Waals surface area contributed by atoms with E-state index >= 15 is 0 Å². The normalized spacial score (nSPS) is 15.5. The molecule has 1 saturated heterocycles. The standard InChI is InChI=1S/C18H26N4/c1-14-18(15(2)21-20-14)12-19-11-16-6-5-7-17(10-16)13-22-8-3-4-9-22/h5-7,10,19H,3-4,8-9,11-13H2,1-2H3,(H,20,21). The Morgan fingerprint density at radius 3 is 2.64 bits per heavy atom. The minimum Gasteiger partial charge on any atom is -0.308 e. The van der Waals surface area contributed by atoms with Crippen LogP contribution in [-0.4, -0.2) is 28.2 Å². The lowest BCUT2D eigenvalue weighted by atomic mass is 10.1. The molecule has 0 unspecified atom stereocenters. The van der Waals surface area contributed by atoms with Crippen molar-refractivity contribution in [2.24, 2.45) is 0 Å². The number of hydrogen-bond donors (Lipinski definition) is 2. The average molecular weight is 298 g/mol. The SMILES string of the molecule is Cc1n[nH]c(C)c1CNCc1cccc(CN2CCCC2)c1. The van der Waals surface area contributed by atoms with Crippen LogP contribution in [0.25, 0.3) is 0 Å². The summed E-state index contributed by atoms with van der Waals surface area (Å²) in [5, 5.41) is 10.8. The van der Waals surface area contributed by atoms with Crippen LogP contribution < -0.4 is 5.32 Å². The number of likely N-dealkylation sites (tertiary alicyclic amines) is 1. The van der Waals surface area contributed by atoms with Gasteiger partial charge >= 0.3 is 0 Å². The number of nitrogens with zero attached hydrogens (tertiary/aromatic N) is 2. The lowest BCUT2D eigenvalue weighted by molar-refractivity contribution is 0.331. The highest BCUT2D eigenvalue weighted by Crippen LogP contribution is 2.14. The molecule has 0 saturated carbocycles.